The smallest absolute Gasteiger partial charge is 0.339 e. The van der Waals surface area contributed by atoms with Crippen LogP contribution in [0.1, 0.15) is 19.4 Å². The Morgan fingerprint density at radius 1 is 0.943 bits per heavy atom. The lowest BCUT2D eigenvalue weighted by molar-refractivity contribution is 0.193. The number of carbonyl (C=O) groups is 1. The molecule has 0 saturated heterocycles. The van der Waals surface area contributed by atoms with Crippen molar-refractivity contribution in [1.82, 2.24) is 4.90 Å². The summed E-state index contributed by atoms with van der Waals surface area (Å²) in [6.45, 7) is 3.93. The Morgan fingerprint density at radius 2 is 1.57 bits per heavy atom. The van der Waals surface area contributed by atoms with Crippen molar-refractivity contribution in [2.24, 2.45) is 0 Å². The number of nitrogens with one attached hydrogen (secondary N) is 1. The van der Waals surface area contributed by atoms with E-state index in [4.69, 9.17) is 13.7 Å². The number of halogens is 1. The van der Waals surface area contributed by atoms with Crippen molar-refractivity contribution in [3.63, 3.8) is 0 Å². The summed E-state index contributed by atoms with van der Waals surface area (Å²) in [6.07, 6.45) is 0. The van der Waals surface area contributed by atoms with Crippen LogP contribution in [0.25, 0.3) is 0 Å². The first-order valence-electron chi connectivity index (χ1n) is 10.7. The van der Waals surface area contributed by atoms with Gasteiger partial charge in [-0.3, -0.25) is 0 Å². The van der Waals surface area contributed by atoms with Gasteiger partial charge >= 0.3 is 16.1 Å². The largest absolute Gasteiger partial charge is 0.497 e. The van der Waals surface area contributed by atoms with Gasteiger partial charge in [-0.05, 0) is 55.8 Å². The number of urea groups is 1. The van der Waals surface area contributed by atoms with Crippen LogP contribution in [0.2, 0.25) is 0 Å². The third-order valence-electron chi connectivity index (χ3n) is 5.05. The van der Waals surface area contributed by atoms with Gasteiger partial charge in [0.15, 0.2) is 0 Å². The van der Waals surface area contributed by atoms with Crippen LogP contribution in [-0.2, 0) is 16.7 Å². The van der Waals surface area contributed by atoms with Gasteiger partial charge in [0.05, 0.1) is 14.2 Å². The Morgan fingerprint density at radius 3 is 2.14 bits per heavy atom. The normalized spacial score (nSPS) is 11.1. The minimum absolute atomic E-state index is 0.0773. The van der Waals surface area contributed by atoms with E-state index in [1.54, 1.807) is 35.2 Å². The predicted octanol–water partition coefficient (Wildman–Crippen LogP) is 5.05. The molecule has 0 heterocycles. The zero-order chi connectivity index (χ0) is 25.6. The molecule has 186 valence electrons. The van der Waals surface area contributed by atoms with Gasteiger partial charge < -0.3 is 23.9 Å². The summed E-state index contributed by atoms with van der Waals surface area (Å²) in [6, 6.07) is 15.3. The third kappa shape index (κ3) is 6.86. The molecule has 3 aromatic rings. The molecule has 0 unspecified atom stereocenters. The van der Waals surface area contributed by atoms with Crippen molar-refractivity contribution in [1.29, 1.82) is 0 Å². The summed E-state index contributed by atoms with van der Waals surface area (Å²) < 4.78 is 53.9. The molecule has 8 nitrogen and oxygen atoms in total. The number of anilines is 1. The Labute approximate surface area is 204 Å². The highest BCUT2D eigenvalue weighted by Crippen LogP contribution is 2.27. The van der Waals surface area contributed by atoms with Crippen LogP contribution in [0.4, 0.5) is 14.9 Å². The van der Waals surface area contributed by atoms with Gasteiger partial charge in [-0.25, -0.2) is 9.18 Å². The van der Waals surface area contributed by atoms with Gasteiger partial charge in [0.1, 0.15) is 28.0 Å². The molecule has 0 aliphatic rings. The van der Waals surface area contributed by atoms with E-state index in [1.807, 2.05) is 13.8 Å². The molecule has 0 fully saturated rings. The lowest BCUT2D eigenvalue weighted by atomic mass is 10.2. The van der Waals surface area contributed by atoms with Crippen molar-refractivity contribution in [2.45, 2.75) is 31.3 Å². The zero-order valence-electron chi connectivity index (χ0n) is 19.8. The monoisotopic (exact) mass is 502 g/mol. The van der Waals surface area contributed by atoms with Crippen LogP contribution in [0.15, 0.2) is 71.6 Å². The molecule has 0 aliphatic heterocycles. The SMILES string of the molecule is COc1cc(NC(=O)N(Cc2cccc(OS(=O)(=O)c3ccc(F)cc3)c2)C(C)C)cc(OC)c1. The van der Waals surface area contributed by atoms with Crippen LogP contribution < -0.4 is 19.0 Å². The highest BCUT2D eigenvalue weighted by atomic mass is 32.2. The van der Waals surface area contributed by atoms with Crippen LogP contribution in [0.3, 0.4) is 0 Å². The van der Waals surface area contributed by atoms with E-state index in [2.05, 4.69) is 5.32 Å². The van der Waals surface area contributed by atoms with Crippen molar-refractivity contribution >= 4 is 21.8 Å². The lowest BCUT2D eigenvalue weighted by Gasteiger charge is -2.27. The Bertz CT molecular complexity index is 1260. The average Bonchev–Trinajstić information content (AvgIpc) is 2.82. The fraction of sp³-hybridized carbons (Fsp3) is 0.240. The summed E-state index contributed by atoms with van der Waals surface area (Å²) in [5.41, 5.74) is 1.16. The van der Waals surface area contributed by atoms with Crippen LogP contribution >= 0.6 is 0 Å². The fourth-order valence-electron chi connectivity index (χ4n) is 3.23. The van der Waals surface area contributed by atoms with E-state index in [0.29, 0.717) is 22.7 Å². The molecule has 35 heavy (non-hydrogen) atoms. The fourth-order valence-corrected chi connectivity index (χ4v) is 4.15. The number of methoxy groups -OCH3 is 2. The molecule has 0 spiro atoms. The first kappa shape index (κ1) is 25.8. The van der Waals surface area contributed by atoms with Crippen molar-refractivity contribution in [3.05, 3.63) is 78.1 Å². The molecule has 10 heteroatoms. The van der Waals surface area contributed by atoms with Gasteiger partial charge in [0.25, 0.3) is 0 Å². The van der Waals surface area contributed by atoms with Crippen LogP contribution in [-0.4, -0.2) is 39.6 Å². The van der Waals surface area contributed by atoms with Crippen LogP contribution in [0.5, 0.6) is 17.2 Å². The summed E-state index contributed by atoms with van der Waals surface area (Å²) >= 11 is 0. The molecule has 0 atom stereocenters. The van der Waals surface area contributed by atoms with Crippen molar-refractivity contribution in [2.75, 3.05) is 19.5 Å². The highest BCUT2D eigenvalue weighted by molar-refractivity contribution is 7.87. The molecular formula is C25H27FN2O6S. The number of ether oxygens (including phenoxy) is 2. The van der Waals surface area contributed by atoms with E-state index in [-0.39, 0.29) is 29.3 Å². The summed E-state index contributed by atoms with van der Waals surface area (Å²) in [5.74, 6) is 0.588. The Hall–Kier alpha value is -3.79. The first-order valence-corrected chi connectivity index (χ1v) is 12.1. The predicted molar refractivity (Wildman–Crippen MR) is 130 cm³/mol. The topological polar surface area (TPSA) is 94.2 Å². The summed E-state index contributed by atoms with van der Waals surface area (Å²) in [5, 5.41) is 2.84. The summed E-state index contributed by atoms with van der Waals surface area (Å²) in [4.78, 5) is 14.5. The molecule has 2 amide bonds. The van der Waals surface area contributed by atoms with Gasteiger partial charge in [0, 0.05) is 36.5 Å². The minimum Gasteiger partial charge on any atom is -0.497 e. The maximum Gasteiger partial charge on any atom is 0.339 e. The molecule has 3 aromatic carbocycles. The van der Waals surface area contributed by atoms with E-state index in [0.717, 1.165) is 24.3 Å². The maximum atomic E-state index is 13.1. The Kier molecular flexibility index (Phi) is 8.18. The molecular weight excluding hydrogens is 475 g/mol. The van der Waals surface area contributed by atoms with Gasteiger partial charge in [0.2, 0.25) is 0 Å². The van der Waals surface area contributed by atoms with Gasteiger partial charge in [-0.2, -0.15) is 8.42 Å². The van der Waals surface area contributed by atoms with E-state index in [9.17, 15) is 17.6 Å². The average molecular weight is 503 g/mol. The van der Waals surface area contributed by atoms with Gasteiger partial charge in [-0.15, -0.1) is 0 Å². The number of nitrogens with zero attached hydrogens (tertiary/aromatic N) is 1. The quantitative estimate of drug-likeness (QED) is 0.412. The zero-order valence-corrected chi connectivity index (χ0v) is 20.6. The van der Waals surface area contributed by atoms with E-state index in [1.165, 1.54) is 26.4 Å². The number of benzene rings is 3. The molecule has 1 N–H and O–H groups in total. The van der Waals surface area contributed by atoms with Gasteiger partial charge in [-0.1, -0.05) is 12.1 Å². The molecule has 0 aromatic heterocycles. The van der Waals surface area contributed by atoms with E-state index < -0.39 is 15.9 Å². The highest BCUT2D eigenvalue weighted by Gasteiger charge is 2.20. The number of hydrogen-bond donors (Lipinski definition) is 1. The minimum atomic E-state index is -4.15. The number of carbonyl (C=O) groups excluding carboxylic acids is 1. The third-order valence-corrected chi connectivity index (χ3v) is 6.31. The van der Waals surface area contributed by atoms with E-state index >= 15 is 0 Å². The van der Waals surface area contributed by atoms with Crippen molar-refractivity contribution < 1.29 is 31.3 Å². The number of amides is 2. The molecule has 0 bridgehead atoms. The second-order valence-corrected chi connectivity index (χ2v) is 9.44. The molecule has 0 aliphatic carbocycles. The van der Waals surface area contributed by atoms with Crippen molar-refractivity contribution in [3.8, 4) is 17.2 Å². The summed E-state index contributed by atoms with van der Waals surface area (Å²) in [7, 11) is -1.11. The lowest BCUT2D eigenvalue weighted by Crippen LogP contribution is -2.39. The second kappa shape index (κ2) is 11.1. The number of rotatable bonds is 9. The Balaban J connectivity index is 1.77. The number of hydrogen-bond acceptors (Lipinski definition) is 6. The standard InChI is InChI=1S/C25H27FN2O6S/c1-17(2)28(25(29)27-20-13-22(32-3)15-23(14-20)33-4)16-18-6-5-7-21(12-18)34-35(30,31)24-10-8-19(26)9-11-24/h5-15,17H,16H2,1-4H3,(H,27,29). The van der Waals surface area contributed by atoms with Crippen LogP contribution in [0, 0.1) is 5.82 Å². The molecule has 3 rings (SSSR count). The second-order valence-electron chi connectivity index (χ2n) is 7.89. The molecule has 0 saturated carbocycles. The first-order chi connectivity index (χ1) is 16.6. The maximum absolute atomic E-state index is 13.1. The molecule has 0 radical (unpaired) electrons.